The third-order valence-corrected chi connectivity index (χ3v) is 5.71. The molecular formula is C19H15N3O2S. The Morgan fingerprint density at radius 3 is 2.88 bits per heavy atom. The maximum absolute atomic E-state index is 12.8. The smallest absolute Gasteiger partial charge is 0.257 e. The molecule has 2 heterocycles. The molecule has 3 aromatic rings. The van der Waals surface area contributed by atoms with Gasteiger partial charge in [0.2, 0.25) is 5.56 Å². The Kier molecular flexibility index (Phi) is 3.86. The molecular weight excluding hydrogens is 334 g/mol. The molecule has 6 heteroatoms. The molecule has 1 aliphatic rings. The number of amides is 1. The molecule has 0 aliphatic heterocycles. The zero-order valence-electron chi connectivity index (χ0n) is 13.4. The van der Waals surface area contributed by atoms with E-state index in [9.17, 15) is 14.9 Å². The highest BCUT2D eigenvalue weighted by molar-refractivity contribution is 7.16. The third-order valence-electron chi connectivity index (χ3n) is 4.51. The van der Waals surface area contributed by atoms with Crippen LogP contribution in [0.25, 0.3) is 10.9 Å². The molecule has 124 valence electrons. The first-order chi connectivity index (χ1) is 12.2. The summed E-state index contributed by atoms with van der Waals surface area (Å²) >= 11 is 1.48. The number of rotatable bonds is 2. The lowest BCUT2D eigenvalue weighted by atomic mass is 9.96. The van der Waals surface area contributed by atoms with Crippen LogP contribution >= 0.6 is 11.3 Å². The van der Waals surface area contributed by atoms with Gasteiger partial charge < -0.3 is 10.3 Å². The number of aromatic amines is 1. The predicted molar refractivity (Wildman–Crippen MR) is 98.2 cm³/mol. The van der Waals surface area contributed by atoms with Crippen molar-refractivity contribution in [2.75, 3.05) is 5.32 Å². The van der Waals surface area contributed by atoms with Crippen LogP contribution in [0.15, 0.2) is 35.1 Å². The van der Waals surface area contributed by atoms with Crippen molar-refractivity contribution >= 4 is 33.1 Å². The Balaban J connectivity index is 1.76. The molecule has 0 radical (unpaired) electrons. The van der Waals surface area contributed by atoms with Crippen molar-refractivity contribution in [3.63, 3.8) is 0 Å². The second-order valence-corrected chi connectivity index (χ2v) is 7.18. The molecule has 4 rings (SSSR count). The number of carbonyl (C=O) groups excluding carboxylic acids is 1. The van der Waals surface area contributed by atoms with Gasteiger partial charge in [-0.2, -0.15) is 5.26 Å². The van der Waals surface area contributed by atoms with Crippen molar-refractivity contribution in [2.24, 2.45) is 0 Å². The fourth-order valence-corrected chi connectivity index (χ4v) is 4.57. The van der Waals surface area contributed by atoms with E-state index in [1.54, 1.807) is 18.2 Å². The Morgan fingerprint density at radius 1 is 1.24 bits per heavy atom. The minimum Gasteiger partial charge on any atom is -0.322 e. The second-order valence-electron chi connectivity index (χ2n) is 6.07. The summed E-state index contributed by atoms with van der Waals surface area (Å²) in [6.07, 6.45) is 4.03. The van der Waals surface area contributed by atoms with Crippen molar-refractivity contribution in [3.8, 4) is 6.07 Å². The molecule has 1 aliphatic carbocycles. The highest BCUT2D eigenvalue weighted by Crippen LogP contribution is 2.37. The normalized spacial score (nSPS) is 13.2. The van der Waals surface area contributed by atoms with Crippen LogP contribution in [0.2, 0.25) is 0 Å². The van der Waals surface area contributed by atoms with Gasteiger partial charge in [0, 0.05) is 21.8 Å². The summed E-state index contributed by atoms with van der Waals surface area (Å²) in [5.74, 6) is -0.364. The topological polar surface area (TPSA) is 85.8 Å². The monoisotopic (exact) mass is 349 g/mol. The number of thiophene rings is 1. The molecule has 1 amide bonds. The van der Waals surface area contributed by atoms with E-state index in [4.69, 9.17) is 0 Å². The summed E-state index contributed by atoms with van der Waals surface area (Å²) in [5, 5.41) is 13.6. The van der Waals surface area contributed by atoms with Crippen LogP contribution in [0.1, 0.15) is 39.2 Å². The number of anilines is 1. The van der Waals surface area contributed by atoms with Gasteiger partial charge in [0.1, 0.15) is 11.1 Å². The predicted octanol–water partition coefficient (Wildman–Crippen LogP) is 3.59. The second kappa shape index (κ2) is 6.19. The molecule has 0 spiro atoms. The lowest BCUT2D eigenvalue weighted by Crippen LogP contribution is -2.16. The van der Waals surface area contributed by atoms with E-state index in [1.807, 2.05) is 6.07 Å². The quantitative estimate of drug-likeness (QED) is 0.741. The van der Waals surface area contributed by atoms with Crippen molar-refractivity contribution in [1.29, 1.82) is 5.26 Å². The van der Waals surface area contributed by atoms with Gasteiger partial charge in [-0.25, -0.2) is 0 Å². The third kappa shape index (κ3) is 2.73. The summed E-state index contributed by atoms with van der Waals surface area (Å²) < 4.78 is 0. The summed E-state index contributed by atoms with van der Waals surface area (Å²) in [5.41, 5.74) is 2.25. The van der Waals surface area contributed by atoms with E-state index in [0.29, 0.717) is 27.0 Å². The maximum Gasteiger partial charge on any atom is 0.257 e. The summed E-state index contributed by atoms with van der Waals surface area (Å²) in [4.78, 5) is 28.6. The number of aryl methyl sites for hydroxylation is 1. The number of nitrogens with zero attached hydrogens (tertiary/aromatic N) is 1. The van der Waals surface area contributed by atoms with Gasteiger partial charge in [0.25, 0.3) is 5.91 Å². The zero-order valence-corrected chi connectivity index (χ0v) is 14.2. The number of pyridine rings is 1. The lowest BCUT2D eigenvalue weighted by Gasteiger charge is -2.09. The highest BCUT2D eigenvalue weighted by Gasteiger charge is 2.22. The van der Waals surface area contributed by atoms with E-state index in [2.05, 4.69) is 16.4 Å². The Bertz CT molecular complexity index is 1090. The van der Waals surface area contributed by atoms with Crippen molar-refractivity contribution in [2.45, 2.75) is 25.7 Å². The summed E-state index contributed by atoms with van der Waals surface area (Å²) in [7, 11) is 0. The number of aromatic nitrogens is 1. The SMILES string of the molecule is N#Cc1c(NC(=O)c2cc(=O)[nH]c3ccccc23)sc2c1CCCC2. The van der Waals surface area contributed by atoms with Gasteiger partial charge in [-0.05, 0) is 37.3 Å². The molecule has 0 saturated heterocycles. The van der Waals surface area contributed by atoms with Crippen molar-refractivity contribution in [3.05, 3.63) is 62.3 Å². The molecule has 0 bridgehead atoms. The first-order valence-corrected chi connectivity index (χ1v) is 8.97. The van der Waals surface area contributed by atoms with Crippen LogP contribution in [-0.2, 0) is 12.8 Å². The van der Waals surface area contributed by atoms with Gasteiger partial charge in [0.05, 0.1) is 11.1 Å². The molecule has 0 saturated carbocycles. The number of benzene rings is 1. The van der Waals surface area contributed by atoms with Gasteiger partial charge in [0.15, 0.2) is 0 Å². The first kappa shape index (κ1) is 15.6. The molecule has 2 aromatic heterocycles. The molecule has 25 heavy (non-hydrogen) atoms. The van der Waals surface area contributed by atoms with Crippen molar-refractivity contribution in [1.82, 2.24) is 4.98 Å². The highest BCUT2D eigenvalue weighted by atomic mass is 32.1. The van der Waals surface area contributed by atoms with Gasteiger partial charge in [-0.15, -0.1) is 11.3 Å². The van der Waals surface area contributed by atoms with Crippen LogP contribution in [0, 0.1) is 11.3 Å². The van der Waals surface area contributed by atoms with Crippen LogP contribution in [-0.4, -0.2) is 10.9 Å². The van der Waals surface area contributed by atoms with E-state index >= 15 is 0 Å². The summed E-state index contributed by atoms with van der Waals surface area (Å²) in [6.45, 7) is 0. The van der Waals surface area contributed by atoms with E-state index in [0.717, 1.165) is 31.2 Å². The average molecular weight is 349 g/mol. The van der Waals surface area contributed by atoms with Crippen LogP contribution < -0.4 is 10.9 Å². The van der Waals surface area contributed by atoms with E-state index in [-0.39, 0.29) is 11.5 Å². The number of nitrogens with one attached hydrogen (secondary N) is 2. The molecule has 2 N–H and O–H groups in total. The largest absolute Gasteiger partial charge is 0.322 e. The number of hydrogen-bond donors (Lipinski definition) is 2. The number of carbonyl (C=O) groups is 1. The molecule has 0 unspecified atom stereocenters. The average Bonchev–Trinajstić information content (AvgIpc) is 2.97. The Hall–Kier alpha value is -2.91. The standard InChI is InChI=1S/C19H15N3O2S/c20-10-14-12-6-2-4-8-16(12)25-19(14)22-18(24)13-9-17(23)21-15-7-3-1-5-11(13)15/h1,3,5,7,9H,2,4,6,8H2,(H,21,23)(H,22,24). The molecule has 1 aromatic carbocycles. The summed E-state index contributed by atoms with van der Waals surface area (Å²) in [6, 6.07) is 10.7. The van der Waals surface area contributed by atoms with Gasteiger partial charge in [-0.1, -0.05) is 18.2 Å². The van der Waals surface area contributed by atoms with Crippen LogP contribution in [0.4, 0.5) is 5.00 Å². The number of para-hydroxylation sites is 1. The number of nitriles is 1. The Labute approximate surface area is 147 Å². The molecule has 5 nitrogen and oxygen atoms in total. The van der Waals surface area contributed by atoms with Gasteiger partial charge >= 0.3 is 0 Å². The zero-order chi connectivity index (χ0) is 17.4. The fourth-order valence-electron chi connectivity index (χ4n) is 3.34. The minimum absolute atomic E-state index is 0.314. The van der Waals surface area contributed by atoms with E-state index in [1.165, 1.54) is 22.3 Å². The fraction of sp³-hybridized carbons (Fsp3) is 0.211. The maximum atomic E-state index is 12.8. The number of fused-ring (bicyclic) bond motifs is 2. The minimum atomic E-state index is -0.364. The molecule has 0 atom stereocenters. The number of H-pyrrole nitrogens is 1. The van der Waals surface area contributed by atoms with Crippen LogP contribution in [0.5, 0.6) is 0 Å². The number of hydrogen-bond acceptors (Lipinski definition) is 4. The van der Waals surface area contributed by atoms with Crippen LogP contribution in [0.3, 0.4) is 0 Å². The van der Waals surface area contributed by atoms with Gasteiger partial charge in [-0.3, -0.25) is 9.59 Å². The van der Waals surface area contributed by atoms with E-state index < -0.39 is 0 Å². The Morgan fingerprint density at radius 2 is 2.04 bits per heavy atom. The molecule has 0 fully saturated rings. The van der Waals surface area contributed by atoms with Crippen molar-refractivity contribution < 1.29 is 4.79 Å². The first-order valence-electron chi connectivity index (χ1n) is 8.15. The lowest BCUT2D eigenvalue weighted by molar-refractivity contribution is 0.102.